The summed E-state index contributed by atoms with van der Waals surface area (Å²) < 4.78 is 1.88. The van der Waals surface area contributed by atoms with E-state index < -0.39 is 5.60 Å². The van der Waals surface area contributed by atoms with Gasteiger partial charge in [0.1, 0.15) is 0 Å². The number of hydrogen-bond acceptors (Lipinski definition) is 4. The molecule has 7 heteroatoms. The number of nitrogens with zero attached hydrogens (tertiary/aromatic N) is 4. The molecule has 1 atom stereocenters. The molecule has 24 heavy (non-hydrogen) atoms. The molecular formula is C17H31N5OS. The smallest absolute Gasteiger partial charge is 0.194 e. The molecule has 1 fully saturated rings. The lowest BCUT2D eigenvalue weighted by molar-refractivity contribution is 0.0776. The second kappa shape index (κ2) is 8.25. The van der Waals surface area contributed by atoms with Gasteiger partial charge in [0.25, 0.3) is 0 Å². The molecule has 0 spiro atoms. The Morgan fingerprint density at radius 1 is 1.58 bits per heavy atom. The zero-order chi connectivity index (χ0) is 17.7. The van der Waals surface area contributed by atoms with Crippen molar-refractivity contribution >= 4 is 17.7 Å². The van der Waals surface area contributed by atoms with Crippen molar-refractivity contribution in [3.8, 4) is 0 Å². The molecule has 0 bridgehead atoms. The fourth-order valence-corrected chi connectivity index (χ4v) is 4.19. The summed E-state index contributed by atoms with van der Waals surface area (Å²) in [5.74, 6) is 3.03. The van der Waals surface area contributed by atoms with Crippen molar-refractivity contribution in [3.05, 3.63) is 17.5 Å². The second-order valence-corrected chi connectivity index (χ2v) is 8.03. The summed E-state index contributed by atoms with van der Waals surface area (Å²) in [4.78, 5) is 6.79. The number of aryl methyl sites for hydroxylation is 1. The standard InChI is InChI=1S/C17H31N5OS/c1-6-18-16(19-11-17(23)7-8-24-12-17)21(4)9-14-10-22(5)20-15(14)13(2)3/h10,13,23H,6-9,11-12H2,1-5H3,(H,18,19). The Kier molecular flexibility index (Phi) is 6.57. The molecule has 1 aliphatic rings. The maximum Gasteiger partial charge on any atom is 0.194 e. The zero-order valence-electron chi connectivity index (χ0n) is 15.5. The highest BCUT2D eigenvalue weighted by molar-refractivity contribution is 7.99. The maximum atomic E-state index is 10.5. The van der Waals surface area contributed by atoms with Crippen LogP contribution in [0.5, 0.6) is 0 Å². The van der Waals surface area contributed by atoms with Crippen LogP contribution >= 0.6 is 11.8 Å². The number of aliphatic hydroxyl groups is 1. The predicted molar refractivity (Wildman–Crippen MR) is 102 cm³/mol. The normalized spacial score (nSPS) is 21.5. The lowest BCUT2D eigenvalue weighted by Gasteiger charge is -2.25. The monoisotopic (exact) mass is 353 g/mol. The molecule has 0 saturated carbocycles. The fourth-order valence-electron chi connectivity index (χ4n) is 2.91. The summed E-state index contributed by atoms with van der Waals surface area (Å²) >= 11 is 1.80. The van der Waals surface area contributed by atoms with Gasteiger partial charge in [0.05, 0.1) is 17.8 Å². The Balaban J connectivity index is 2.09. The number of nitrogens with one attached hydrogen (secondary N) is 1. The minimum absolute atomic E-state index is 0.394. The molecule has 1 unspecified atom stereocenters. The molecule has 0 amide bonds. The van der Waals surface area contributed by atoms with Gasteiger partial charge < -0.3 is 15.3 Å². The van der Waals surface area contributed by atoms with Crippen LogP contribution in [-0.2, 0) is 13.6 Å². The SMILES string of the molecule is CCNC(=NCC1(O)CCSC1)N(C)Cc1cn(C)nc1C(C)C. The van der Waals surface area contributed by atoms with Crippen LogP contribution in [0.2, 0.25) is 0 Å². The largest absolute Gasteiger partial charge is 0.387 e. The third-order valence-corrected chi connectivity index (χ3v) is 5.43. The summed E-state index contributed by atoms with van der Waals surface area (Å²) in [6.07, 6.45) is 2.90. The Bertz CT molecular complexity index is 563. The van der Waals surface area contributed by atoms with Crippen LogP contribution in [-0.4, -0.2) is 63.0 Å². The van der Waals surface area contributed by atoms with E-state index in [1.807, 2.05) is 18.8 Å². The van der Waals surface area contributed by atoms with Gasteiger partial charge in [0.2, 0.25) is 0 Å². The van der Waals surface area contributed by atoms with Crippen molar-refractivity contribution in [2.45, 2.75) is 45.3 Å². The lowest BCUT2D eigenvalue weighted by atomic mass is 10.0. The number of thioether (sulfide) groups is 1. The Labute approximate surface area is 149 Å². The molecule has 0 aromatic carbocycles. The van der Waals surface area contributed by atoms with Gasteiger partial charge in [-0.2, -0.15) is 16.9 Å². The first-order valence-electron chi connectivity index (χ1n) is 8.66. The van der Waals surface area contributed by atoms with Crippen molar-refractivity contribution in [1.29, 1.82) is 0 Å². The molecule has 2 heterocycles. The number of aromatic nitrogens is 2. The Hall–Kier alpha value is -1.21. The molecular weight excluding hydrogens is 322 g/mol. The van der Waals surface area contributed by atoms with Gasteiger partial charge in [-0.3, -0.25) is 9.67 Å². The highest BCUT2D eigenvalue weighted by atomic mass is 32.2. The van der Waals surface area contributed by atoms with Crippen LogP contribution in [0.1, 0.15) is 44.4 Å². The van der Waals surface area contributed by atoms with Crippen LogP contribution in [0.3, 0.4) is 0 Å². The molecule has 1 aromatic heterocycles. The van der Waals surface area contributed by atoms with Crippen molar-refractivity contribution in [2.24, 2.45) is 12.0 Å². The summed E-state index contributed by atoms with van der Waals surface area (Å²) in [6.45, 7) is 8.40. The van der Waals surface area contributed by atoms with E-state index in [9.17, 15) is 5.11 Å². The summed E-state index contributed by atoms with van der Waals surface area (Å²) in [6, 6.07) is 0. The highest BCUT2D eigenvalue weighted by Crippen LogP contribution is 2.28. The first kappa shape index (κ1) is 19.1. The zero-order valence-corrected chi connectivity index (χ0v) is 16.4. The van der Waals surface area contributed by atoms with E-state index in [-0.39, 0.29) is 0 Å². The van der Waals surface area contributed by atoms with Gasteiger partial charge in [-0.25, -0.2) is 0 Å². The van der Waals surface area contributed by atoms with Crippen molar-refractivity contribution in [2.75, 3.05) is 31.6 Å². The van der Waals surface area contributed by atoms with E-state index in [0.29, 0.717) is 12.5 Å². The van der Waals surface area contributed by atoms with E-state index in [4.69, 9.17) is 0 Å². The molecule has 0 aliphatic carbocycles. The number of hydrogen-bond donors (Lipinski definition) is 2. The summed E-state index contributed by atoms with van der Waals surface area (Å²) in [7, 11) is 3.99. The first-order chi connectivity index (χ1) is 11.3. The number of rotatable bonds is 6. The summed E-state index contributed by atoms with van der Waals surface area (Å²) in [5, 5.41) is 18.4. The topological polar surface area (TPSA) is 65.7 Å². The van der Waals surface area contributed by atoms with Gasteiger partial charge in [0, 0.05) is 44.7 Å². The first-order valence-corrected chi connectivity index (χ1v) is 9.82. The summed E-state index contributed by atoms with van der Waals surface area (Å²) in [5.41, 5.74) is 1.70. The van der Waals surface area contributed by atoms with Gasteiger partial charge in [0.15, 0.2) is 5.96 Å². The van der Waals surface area contributed by atoms with Crippen molar-refractivity contribution in [3.63, 3.8) is 0 Å². The number of aliphatic imine (C=N–C) groups is 1. The van der Waals surface area contributed by atoms with Crippen LogP contribution in [0.25, 0.3) is 0 Å². The van der Waals surface area contributed by atoms with Crippen LogP contribution < -0.4 is 5.32 Å². The average molecular weight is 354 g/mol. The van der Waals surface area contributed by atoms with Crippen molar-refractivity contribution in [1.82, 2.24) is 20.0 Å². The van der Waals surface area contributed by atoms with Crippen LogP contribution in [0, 0.1) is 0 Å². The third-order valence-electron chi connectivity index (χ3n) is 4.19. The Morgan fingerprint density at radius 2 is 2.33 bits per heavy atom. The molecule has 6 nitrogen and oxygen atoms in total. The third kappa shape index (κ3) is 4.89. The second-order valence-electron chi connectivity index (χ2n) is 6.92. The van der Waals surface area contributed by atoms with Crippen LogP contribution in [0.15, 0.2) is 11.2 Å². The van der Waals surface area contributed by atoms with Gasteiger partial charge in [-0.15, -0.1) is 0 Å². The molecule has 0 radical (unpaired) electrons. The Morgan fingerprint density at radius 3 is 2.92 bits per heavy atom. The van der Waals surface area contributed by atoms with Crippen LogP contribution in [0.4, 0.5) is 0 Å². The van der Waals surface area contributed by atoms with E-state index in [2.05, 4.69) is 47.3 Å². The minimum atomic E-state index is -0.649. The van der Waals surface area contributed by atoms with Gasteiger partial charge in [-0.1, -0.05) is 13.8 Å². The van der Waals surface area contributed by atoms with E-state index in [1.165, 1.54) is 5.56 Å². The van der Waals surface area contributed by atoms with E-state index in [1.54, 1.807) is 11.8 Å². The molecule has 136 valence electrons. The molecule has 1 saturated heterocycles. The fraction of sp³-hybridized carbons (Fsp3) is 0.765. The molecule has 2 rings (SSSR count). The maximum absolute atomic E-state index is 10.5. The van der Waals surface area contributed by atoms with Crippen molar-refractivity contribution < 1.29 is 5.11 Å². The molecule has 1 aliphatic heterocycles. The number of guanidine groups is 1. The minimum Gasteiger partial charge on any atom is -0.387 e. The predicted octanol–water partition coefficient (Wildman–Crippen LogP) is 1.81. The molecule has 2 N–H and O–H groups in total. The highest BCUT2D eigenvalue weighted by Gasteiger charge is 2.31. The molecule has 1 aromatic rings. The van der Waals surface area contributed by atoms with E-state index >= 15 is 0 Å². The van der Waals surface area contributed by atoms with Gasteiger partial charge >= 0.3 is 0 Å². The van der Waals surface area contributed by atoms with E-state index in [0.717, 1.165) is 42.7 Å². The van der Waals surface area contributed by atoms with Gasteiger partial charge in [-0.05, 0) is 25.0 Å². The quantitative estimate of drug-likeness (QED) is 0.603. The lowest BCUT2D eigenvalue weighted by Crippen LogP contribution is -2.41. The average Bonchev–Trinajstić information content (AvgIpc) is 3.10.